The van der Waals surface area contributed by atoms with Gasteiger partial charge in [0.2, 0.25) is 5.91 Å². The number of nitrogens with zero attached hydrogens (tertiary/aromatic N) is 2. The Kier molecular flexibility index (Phi) is 4.85. The Labute approximate surface area is 93.9 Å². The lowest BCUT2D eigenvalue weighted by atomic mass is 10.3. The molecule has 0 saturated carbocycles. The largest absolute Gasteiger partial charge is 0.345 e. The van der Waals surface area contributed by atoms with Crippen molar-refractivity contribution < 1.29 is 4.79 Å². The summed E-state index contributed by atoms with van der Waals surface area (Å²) < 4.78 is 0. The van der Waals surface area contributed by atoms with Crippen LogP contribution in [-0.2, 0) is 11.2 Å². The van der Waals surface area contributed by atoms with Gasteiger partial charge in [0, 0.05) is 31.3 Å². The molecule has 3 nitrogen and oxygen atoms in total. The van der Waals surface area contributed by atoms with Crippen molar-refractivity contribution in [3.05, 3.63) is 22.4 Å². The molecule has 0 aromatic carbocycles. The van der Waals surface area contributed by atoms with Crippen molar-refractivity contribution in [1.82, 2.24) is 4.90 Å². The molecular weight excluding hydrogens is 208 g/mol. The fraction of sp³-hybridized carbons (Fsp3) is 0.455. The predicted octanol–water partition coefficient (Wildman–Crippen LogP) is 2.05. The average Bonchev–Trinajstić information content (AvgIpc) is 2.75. The molecule has 0 spiro atoms. The van der Waals surface area contributed by atoms with Crippen molar-refractivity contribution in [3.8, 4) is 6.07 Å². The molecule has 1 aromatic heterocycles. The number of thiophene rings is 1. The summed E-state index contributed by atoms with van der Waals surface area (Å²) in [6, 6.07) is 6.06. The van der Waals surface area contributed by atoms with Crippen LogP contribution >= 0.6 is 11.3 Å². The van der Waals surface area contributed by atoms with Crippen LogP contribution < -0.4 is 0 Å². The van der Waals surface area contributed by atoms with E-state index < -0.39 is 0 Å². The third-order valence-corrected chi connectivity index (χ3v) is 3.09. The lowest BCUT2D eigenvalue weighted by Gasteiger charge is -2.15. The SMILES string of the molecule is CN(CCc1cccs1)C(=O)CCC#N. The molecular formula is C11H14N2OS. The van der Waals surface area contributed by atoms with Gasteiger partial charge in [-0.2, -0.15) is 5.26 Å². The fourth-order valence-corrected chi connectivity index (χ4v) is 1.91. The van der Waals surface area contributed by atoms with Gasteiger partial charge in [-0.05, 0) is 17.9 Å². The lowest BCUT2D eigenvalue weighted by Crippen LogP contribution is -2.28. The van der Waals surface area contributed by atoms with Gasteiger partial charge in [0.15, 0.2) is 0 Å². The Morgan fingerprint density at radius 1 is 1.67 bits per heavy atom. The molecule has 0 N–H and O–H groups in total. The van der Waals surface area contributed by atoms with Gasteiger partial charge < -0.3 is 4.90 Å². The molecule has 0 atom stereocenters. The maximum atomic E-state index is 11.4. The molecule has 1 aromatic rings. The Bertz CT molecular complexity index is 340. The van der Waals surface area contributed by atoms with E-state index >= 15 is 0 Å². The summed E-state index contributed by atoms with van der Waals surface area (Å²) in [6.07, 6.45) is 1.53. The zero-order valence-corrected chi connectivity index (χ0v) is 9.59. The standard InChI is InChI=1S/C11H14N2OS/c1-13(11(14)5-2-7-12)8-6-10-4-3-9-15-10/h3-4,9H,2,5-6,8H2,1H3. The number of nitriles is 1. The maximum Gasteiger partial charge on any atom is 0.223 e. The summed E-state index contributed by atoms with van der Waals surface area (Å²) >= 11 is 1.70. The van der Waals surface area contributed by atoms with Crippen LogP contribution in [-0.4, -0.2) is 24.4 Å². The van der Waals surface area contributed by atoms with Crippen LogP contribution in [0, 0.1) is 11.3 Å². The van der Waals surface area contributed by atoms with Crippen molar-refractivity contribution >= 4 is 17.2 Å². The van der Waals surface area contributed by atoms with Crippen LogP contribution in [0.2, 0.25) is 0 Å². The first-order valence-electron chi connectivity index (χ1n) is 4.87. The topological polar surface area (TPSA) is 44.1 Å². The molecule has 0 aliphatic rings. The number of likely N-dealkylation sites (N-methyl/N-ethyl adjacent to an activating group) is 1. The first-order valence-corrected chi connectivity index (χ1v) is 5.75. The predicted molar refractivity (Wildman–Crippen MR) is 60.5 cm³/mol. The minimum Gasteiger partial charge on any atom is -0.345 e. The van der Waals surface area contributed by atoms with E-state index in [1.54, 1.807) is 23.3 Å². The molecule has 0 saturated heterocycles. The zero-order chi connectivity index (χ0) is 11.1. The van der Waals surface area contributed by atoms with Crippen LogP contribution in [0.1, 0.15) is 17.7 Å². The Hall–Kier alpha value is -1.34. The summed E-state index contributed by atoms with van der Waals surface area (Å²) in [6.45, 7) is 0.727. The van der Waals surface area contributed by atoms with Crippen molar-refractivity contribution in [2.45, 2.75) is 19.3 Å². The minimum atomic E-state index is 0.0492. The number of carbonyl (C=O) groups excluding carboxylic acids is 1. The second-order valence-corrected chi connectivity index (χ2v) is 4.34. The van der Waals surface area contributed by atoms with E-state index in [9.17, 15) is 4.79 Å². The summed E-state index contributed by atoms with van der Waals surface area (Å²) in [7, 11) is 1.79. The third-order valence-electron chi connectivity index (χ3n) is 2.15. The van der Waals surface area contributed by atoms with Crippen LogP contribution in [0.25, 0.3) is 0 Å². The summed E-state index contributed by atoms with van der Waals surface area (Å²) in [4.78, 5) is 14.4. The van der Waals surface area contributed by atoms with Crippen LogP contribution in [0.4, 0.5) is 0 Å². The highest BCUT2D eigenvalue weighted by atomic mass is 32.1. The highest BCUT2D eigenvalue weighted by Gasteiger charge is 2.07. The first kappa shape index (κ1) is 11.7. The Morgan fingerprint density at radius 3 is 3.07 bits per heavy atom. The second kappa shape index (κ2) is 6.20. The molecule has 1 heterocycles. The first-order chi connectivity index (χ1) is 7.24. The second-order valence-electron chi connectivity index (χ2n) is 3.30. The Balaban J connectivity index is 2.27. The van der Waals surface area contributed by atoms with Gasteiger partial charge in [-0.15, -0.1) is 11.3 Å². The summed E-state index contributed by atoms with van der Waals surface area (Å²) in [5.41, 5.74) is 0. The van der Waals surface area contributed by atoms with Crippen molar-refractivity contribution in [2.24, 2.45) is 0 Å². The monoisotopic (exact) mass is 222 g/mol. The normalized spacial score (nSPS) is 9.60. The number of hydrogen-bond donors (Lipinski definition) is 0. The molecule has 0 bridgehead atoms. The van der Waals surface area contributed by atoms with Crippen molar-refractivity contribution in [1.29, 1.82) is 5.26 Å². The minimum absolute atomic E-state index is 0.0492. The van der Waals surface area contributed by atoms with E-state index in [0.29, 0.717) is 12.8 Å². The number of hydrogen-bond acceptors (Lipinski definition) is 3. The molecule has 4 heteroatoms. The van der Waals surface area contributed by atoms with Gasteiger partial charge in [-0.3, -0.25) is 4.79 Å². The molecule has 0 aliphatic heterocycles. The van der Waals surface area contributed by atoms with Crippen molar-refractivity contribution in [2.75, 3.05) is 13.6 Å². The van der Waals surface area contributed by atoms with E-state index in [1.165, 1.54) is 4.88 Å². The number of rotatable bonds is 5. The van der Waals surface area contributed by atoms with Crippen LogP contribution in [0.3, 0.4) is 0 Å². The van der Waals surface area contributed by atoms with E-state index in [0.717, 1.165) is 13.0 Å². The molecule has 0 unspecified atom stereocenters. The van der Waals surface area contributed by atoms with E-state index in [-0.39, 0.29) is 5.91 Å². The molecule has 80 valence electrons. The Morgan fingerprint density at radius 2 is 2.47 bits per heavy atom. The number of carbonyl (C=O) groups is 1. The molecule has 0 aliphatic carbocycles. The van der Waals surface area contributed by atoms with E-state index in [2.05, 4.69) is 6.07 Å². The molecule has 1 rings (SSSR count). The molecule has 0 radical (unpaired) electrons. The maximum absolute atomic E-state index is 11.4. The quantitative estimate of drug-likeness (QED) is 0.765. The molecule has 1 amide bonds. The van der Waals surface area contributed by atoms with Gasteiger partial charge in [-0.1, -0.05) is 6.07 Å². The molecule has 15 heavy (non-hydrogen) atoms. The van der Waals surface area contributed by atoms with Crippen LogP contribution in [0.5, 0.6) is 0 Å². The smallest absolute Gasteiger partial charge is 0.223 e. The zero-order valence-electron chi connectivity index (χ0n) is 8.77. The van der Waals surface area contributed by atoms with Crippen molar-refractivity contribution in [3.63, 3.8) is 0 Å². The average molecular weight is 222 g/mol. The van der Waals surface area contributed by atoms with Gasteiger partial charge in [-0.25, -0.2) is 0 Å². The van der Waals surface area contributed by atoms with E-state index in [1.807, 2.05) is 17.5 Å². The van der Waals surface area contributed by atoms with Gasteiger partial charge in [0.05, 0.1) is 6.07 Å². The summed E-state index contributed by atoms with van der Waals surface area (Å²) in [5, 5.41) is 10.4. The van der Waals surface area contributed by atoms with Gasteiger partial charge in [0.25, 0.3) is 0 Å². The van der Waals surface area contributed by atoms with Gasteiger partial charge >= 0.3 is 0 Å². The van der Waals surface area contributed by atoms with E-state index in [4.69, 9.17) is 5.26 Å². The number of amides is 1. The fourth-order valence-electron chi connectivity index (χ4n) is 1.21. The molecule has 0 fully saturated rings. The third kappa shape index (κ3) is 4.13. The van der Waals surface area contributed by atoms with Crippen LogP contribution in [0.15, 0.2) is 17.5 Å². The highest BCUT2D eigenvalue weighted by Crippen LogP contribution is 2.09. The summed E-state index contributed by atoms with van der Waals surface area (Å²) in [5.74, 6) is 0.0492. The highest BCUT2D eigenvalue weighted by molar-refractivity contribution is 7.09. The van der Waals surface area contributed by atoms with Gasteiger partial charge in [0.1, 0.15) is 0 Å². The lowest BCUT2D eigenvalue weighted by molar-refractivity contribution is -0.129.